The minimum atomic E-state index is -0.202. The Hall–Kier alpha value is -2.38. The van der Waals surface area contributed by atoms with Crippen LogP contribution in [0.2, 0.25) is 0 Å². The van der Waals surface area contributed by atoms with Crippen molar-refractivity contribution >= 4 is 5.91 Å². The molecule has 2 heterocycles. The molecule has 23 heavy (non-hydrogen) atoms. The number of aromatic amines is 1. The molecule has 1 fully saturated rings. The number of aryl methyl sites for hydroxylation is 1. The van der Waals surface area contributed by atoms with Gasteiger partial charge in [0.15, 0.2) is 0 Å². The first kappa shape index (κ1) is 15.5. The van der Waals surface area contributed by atoms with E-state index in [2.05, 4.69) is 20.6 Å². The summed E-state index contributed by atoms with van der Waals surface area (Å²) in [6, 6.07) is 0.100. The number of carbonyl (C=O) groups excluding carboxylic acids is 1. The predicted molar refractivity (Wildman–Crippen MR) is 84.0 cm³/mol. The van der Waals surface area contributed by atoms with E-state index in [1.807, 2.05) is 0 Å². The van der Waals surface area contributed by atoms with Crippen LogP contribution in [0.25, 0.3) is 0 Å². The smallest absolute Gasteiger partial charge is 0.343 e. The maximum atomic E-state index is 12.4. The number of nitrogens with zero attached hydrogens (tertiary/aromatic N) is 4. The SMILES string of the molecule is Cn1cc(C(=O)N[C@@H]2CCCC[C@@H]2Cc2n[nH]c(=O)n2C)cn1. The maximum absolute atomic E-state index is 12.4. The highest BCUT2D eigenvalue weighted by atomic mass is 16.2. The van der Waals surface area contributed by atoms with Crippen LogP contribution in [-0.4, -0.2) is 36.5 Å². The summed E-state index contributed by atoms with van der Waals surface area (Å²) in [5, 5.41) is 13.7. The fourth-order valence-corrected chi connectivity index (χ4v) is 3.23. The van der Waals surface area contributed by atoms with E-state index in [-0.39, 0.29) is 17.6 Å². The molecule has 0 spiro atoms. The van der Waals surface area contributed by atoms with Crippen LogP contribution in [0.3, 0.4) is 0 Å². The van der Waals surface area contributed by atoms with Crippen LogP contribution in [0.5, 0.6) is 0 Å². The molecule has 0 bridgehead atoms. The average Bonchev–Trinajstić information content (AvgIpc) is 3.10. The van der Waals surface area contributed by atoms with E-state index in [0.717, 1.165) is 31.5 Å². The van der Waals surface area contributed by atoms with Crippen LogP contribution in [0.4, 0.5) is 0 Å². The van der Waals surface area contributed by atoms with Gasteiger partial charge in [0, 0.05) is 32.8 Å². The average molecular weight is 318 g/mol. The van der Waals surface area contributed by atoms with Crippen LogP contribution < -0.4 is 11.0 Å². The van der Waals surface area contributed by atoms with Gasteiger partial charge in [-0.3, -0.25) is 14.0 Å². The zero-order valence-electron chi connectivity index (χ0n) is 13.5. The number of aromatic nitrogens is 5. The summed E-state index contributed by atoms with van der Waals surface area (Å²) in [6.07, 6.45) is 8.20. The van der Waals surface area contributed by atoms with Crippen molar-refractivity contribution in [2.45, 2.75) is 38.1 Å². The summed E-state index contributed by atoms with van der Waals surface area (Å²) < 4.78 is 3.15. The summed E-state index contributed by atoms with van der Waals surface area (Å²) in [6.45, 7) is 0. The second-order valence-corrected chi connectivity index (χ2v) is 6.24. The van der Waals surface area contributed by atoms with Crippen molar-refractivity contribution < 1.29 is 4.79 Å². The Morgan fingerprint density at radius 3 is 2.83 bits per heavy atom. The largest absolute Gasteiger partial charge is 0.349 e. The molecule has 1 amide bonds. The van der Waals surface area contributed by atoms with Crippen molar-refractivity contribution in [2.24, 2.45) is 20.0 Å². The predicted octanol–water partition coefficient (Wildman–Crippen LogP) is 0.373. The van der Waals surface area contributed by atoms with Crippen molar-refractivity contribution in [3.05, 3.63) is 34.3 Å². The van der Waals surface area contributed by atoms with Gasteiger partial charge >= 0.3 is 5.69 Å². The standard InChI is InChI=1S/C15H22N6O2/c1-20-9-11(8-16-20)14(22)17-12-6-4-3-5-10(12)7-13-18-19-15(23)21(13)2/h8-10,12H,3-7H2,1-2H3,(H,17,22)(H,19,23)/t10-,12-/m1/s1. The summed E-state index contributed by atoms with van der Waals surface area (Å²) in [7, 11) is 3.51. The van der Waals surface area contributed by atoms with Crippen LogP contribution in [-0.2, 0) is 20.5 Å². The Morgan fingerprint density at radius 1 is 1.39 bits per heavy atom. The minimum absolute atomic E-state index is 0.0917. The fourth-order valence-electron chi connectivity index (χ4n) is 3.23. The normalized spacial score (nSPS) is 21.3. The Morgan fingerprint density at radius 2 is 2.17 bits per heavy atom. The molecule has 1 aliphatic rings. The summed E-state index contributed by atoms with van der Waals surface area (Å²) in [5.41, 5.74) is 0.371. The third-order valence-corrected chi connectivity index (χ3v) is 4.61. The van der Waals surface area contributed by atoms with Gasteiger partial charge in [-0.1, -0.05) is 12.8 Å². The first-order valence-electron chi connectivity index (χ1n) is 7.94. The second kappa shape index (κ2) is 6.39. The highest BCUT2D eigenvalue weighted by Crippen LogP contribution is 2.27. The molecule has 2 aromatic heterocycles. The zero-order chi connectivity index (χ0) is 16.4. The zero-order valence-corrected chi connectivity index (χ0v) is 13.5. The molecular weight excluding hydrogens is 296 g/mol. The molecule has 0 aromatic carbocycles. The van der Waals surface area contributed by atoms with Crippen molar-refractivity contribution in [1.82, 2.24) is 29.9 Å². The molecule has 2 aromatic rings. The van der Waals surface area contributed by atoms with Crippen molar-refractivity contribution in [1.29, 1.82) is 0 Å². The Bertz CT molecular complexity index is 743. The number of H-pyrrole nitrogens is 1. The van der Waals surface area contributed by atoms with E-state index in [1.54, 1.807) is 31.2 Å². The molecule has 1 saturated carbocycles. The van der Waals surface area contributed by atoms with Gasteiger partial charge in [0.2, 0.25) is 0 Å². The number of rotatable bonds is 4. The molecule has 2 atom stereocenters. The van der Waals surface area contributed by atoms with E-state index >= 15 is 0 Å². The minimum Gasteiger partial charge on any atom is -0.349 e. The van der Waals surface area contributed by atoms with Gasteiger partial charge in [-0.05, 0) is 18.8 Å². The van der Waals surface area contributed by atoms with Crippen LogP contribution in [0.15, 0.2) is 17.2 Å². The van der Waals surface area contributed by atoms with Crippen LogP contribution >= 0.6 is 0 Å². The van der Waals surface area contributed by atoms with Crippen LogP contribution in [0.1, 0.15) is 41.9 Å². The van der Waals surface area contributed by atoms with Gasteiger partial charge in [-0.25, -0.2) is 9.89 Å². The van der Waals surface area contributed by atoms with E-state index in [4.69, 9.17) is 0 Å². The highest BCUT2D eigenvalue weighted by Gasteiger charge is 2.28. The van der Waals surface area contributed by atoms with E-state index in [9.17, 15) is 9.59 Å². The first-order valence-corrected chi connectivity index (χ1v) is 7.94. The van der Waals surface area contributed by atoms with Crippen molar-refractivity contribution in [3.8, 4) is 0 Å². The molecule has 0 saturated heterocycles. The van der Waals surface area contributed by atoms with Gasteiger partial charge in [-0.2, -0.15) is 10.2 Å². The molecule has 0 aliphatic heterocycles. The molecule has 3 rings (SSSR count). The molecule has 2 N–H and O–H groups in total. The molecule has 1 aliphatic carbocycles. The van der Waals surface area contributed by atoms with Gasteiger partial charge in [0.05, 0.1) is 11.8 Å². The first-order chi connectivity index (χ1) is 11.0. The maximum Gasteiger partial charge on any atom is 0.343 e. The molecule has 124 valence electrons. The van der Waals surface area contributed by atoms with E-state index < -0.39 is 0 Å². The summed E-state index contributed by atoms with van der Waals surface area (Å²) >= 11 is 0. The third-order valence-electron chi connectivity index (χ3n) is 4.61. The summed E-state index contributed by atoms with van der Waals surface area (Å²) in [5.74, 6) is 0.937. The quantitative estimate of drug-likeness (QED) is 0.851. The molecular formula is C15H22N6O2. The number of hydrogen-bond acceptors (Lipinski definition) is 4. The lowest BCUT2D eigenvalue weighted by atomic mass is 9.82. The van der Waals surface area contributed by atoms with Gasteiger partial charge in [-0.15, -0.1) is 0 Å². The van der Waals surface area contributed by atoms with Gasteiger partial charge < -0.3 is 5.32 Å². The Balaban J connectivity index is 1.70. The lowest BCUT2D eigenvalue weighted by molar-refractivity contribution is 0.0905. The number of amides is 1. The van der Waals surface area contributed by atoms with Crippen molar-refractivity contribution in [2.75, 3.05) is 0 Å². The third kappa shape index (κ3) is 3.35. The lowest BCUT2D eigenvalue weighted by Gasteiger charge is -2.31. The molecule has 0 radical (unpaired) electrons. The molecule has 8 heteroatoms. The number of hydrogen-bond donors (Lipinski definition) is 2. The molecule has 8 nitrogen and oxygen atoms in total. The fraction of sp³-hybridized carbons (Fsp3) is 0.600. The van der Waals surface area contributed by atoms with E-state index in [0.29, 0.717) is 17.9 Å². The number of carbonyl (C=O) groups is 1. The van der Waals surface area contributed by atoms with Gasteiger partial charge in [0.1, 0.15) is 5.82 Å². The highest BCUT2D eigenvalue weighted by molar-refractivity contribution is 5.93. The topological polar surface area (TPSA) is 97.6 Å². The van der Waals surface area contributed by atoms with Crippen LogP contribution in [0, 0.1) is 5.92 Å². The Kier molecular flexibility index (Phi) is 4.31. The van der Waals surface area contributed by atoms with E-state index in [1.165, 1.54) is 4.57 Å². The van der Waals surface area contributed by atoms with Crippen molar-refractivity contribution in [3.63, 3.8) is 0 Å². The Labute approximate surface area is 133 Å². The number of nitrogens with one attached hydrogen (secondary N) is 2. The molecule has 0 unspecified atom stereocenters. The monoisotopic (exact) mass is 318 g/mol. The van der Waals surface area contributed by atoms with Gasteiger partial charge in [0.25, 0.3) is 5.91 Å². The second-order valence-electron chi connectivity index (χ2n) is 6.24. The summed E-state index contributed by atoms with van der Waals surface area (Å²) in [4.78, 5) is 23.8. The lowest BCUT2D eigenvalue weighted by Crippen LogP contribution is -2.43.